The zero-order valence-electron chi connectivity index (χ0n) is 11.7. The first-order chi connectivity index (χ1) is 7.89. The molecule has 0 N–H and O–H groups in total. The molecule has 2 rings (SSSR count). The van der Waals surface area contributed by atoms with Crippen molar-refractivity contribution in [2.75, 3.05) is 0 Å². The number of hydrogen-bond acceptors (Lipinski definition) is 0. The lowest BCUT2D eigenvalue weighted by atomic mass is 9.59. The number of fused-ring (bicyclic) bond motifs is 1. The minimum atomic E-state index is -0.217. The van der Waals surface area contributed by atoms with Crippen LogP contribution in [0.5, 0.6) is 0 Å². The van der Waals surface area contributed by atoms with Crippen LogP contribution >= 0.6 is 0 Å². The second-order valence-electron chi connectivity index (χ2n) is 6.89. The summed E-state index contributed by atoms with van der Waals surface area (Å²) in [7, 11) is 0. The highest BCUT2D eigenvalue weighted by molar-refractivity contribution is 5.25. The Bertz CT molecular complexity index is 371. The first-order valence-electron chi connectivity index (χ1n) is 7.00. The van der Waals surface area contributed by atoms with E-state index in [0.717, 1.165) is 5.92 Å². The molecule has 0 heterocycles. The summed E-state index contributed by atoms with van der Waals surface area (Å²) in [6.45, 7) is 16.4. The Balaban J connectivity index is 2.32. The molecule has 0 radical (unpaired) electrons. The van der Waals surface area contributed by atoms with Crippen LogP contribution in [0.1, 0.15) is 59.8 Å². The van der Waals surface area contributed by atoms with Crippen LogP contribution < -0.4 is 0 Å². The molecule has 2 aliphatic carbocycles. The lowest BCUT2D eigenvalue weighted by Gasteiger charge is -2.45. The molecule has 1 fully saturated rings. The smallest absolute Gasteiger partial charge is 0.233 e. The zero-order valence-corrected chi connectivity index (χ0v) is 11.7. The predicted molar refractivity (Wildman–Crippen MR) is 72.6 cm³/mol. The standard InChI is InChI=1S/C16H25N/c1-12-7-6-9-16(4)10-8-13(11-14(12)16)15(2,3)17-5/h11-13H,6-10H2,1-4H3/t12-,13-,16+/m0/s1. The molecule has 0 aromatic heterocycles. The molecule has 2 aliphatic rings. The molecule has 0 bridgehead atoms. The van der Waals surface area contributed by atoms with Crippen LogP contribution in [-0.2, 0) is 0 Å². The quantitative estimate of drug-likeness (QED) is 0.449. The fourth-order valence-electron chi connectivity index (χ4n) is 3.74. The molecule has 3 atom stereocenters. The Kier molecular flexibility index (Phi) is 3.10. The Morgan fingerprint density at radius 3 is 2.71 bits per heavy atom. The number of nitrogens with zero attached hydrogens (tertiary/aromatic N) is 1. The molecule has 0 aliphatic heterocycles. The molecule has 0 aromatic rings. The van der Waals surface area contributed by atoms with Crippen LogP contribution in [0.15, 0.2) is 11.6 Å². The summed E-state index contributed by atoms with van der Waals surface area (Å²) in [5, 5.41) is 0. The van der Waals surface area contributed by atoms with Gasteiger partial charge in [-0.05, 0) is 37.0 Å². The SMILES string of the molecule is [C-]#[N+]C(C)(C)[C@@H]1C=C2[C@@H](C)CCC[C@]2(C)CC1. The van der Waals surface area contributed by atoms with Gasteiger partial charge in [-0.3, -0.25) is 0 Å². The maximum atomic E-state index is 7.37. The normalized spacial score (nSPS) is 37.9. The van der Waals surface area contributed by atoms with E-state index in [4.69, 9.17) is 6.57 Å². The highest BCUT2D eigenvalue weighted by atomic mass is 14.8. The average molecular weight is 231 g/mol. The topological polar surface area (TPSA) is 4.36 Å². The van der Waals surface area contributed by atoms with Crippen LogP contribution in [-0.4, -0.2) is 5.54 Å². The number of hydrogen-bond donors (Lipinski definition) is 0. The van der Waals surface area contributed by atoms with E-state index < -0.39 is 0 Å². The molecule has 94 valence electrons. The van der Waals surface area contributed by atoms with E-state index in [0.29, 0.717) is 11.3 Å². The van der Waals surface area contributed by atoms with Crippen molar-refractivity contribution < 1.29 is 0 Å². The molecule has 1 nitrogen and oxygen atoms in total. The Morgan fingerprint density at radius 2 is 2.06 bits per heavy atom. The van der Waals surface area contributed by atoms with Crippen molar-refractivity contribution in [3.8, 4) is 0 Å². The van der Waals surface area contributed by atoms with Gasteiger partial charge in [-0.25, -0.2) is 6.57 Å². The van der Waals surface area contributed by atoms with Crippen LogP contribution in [0, 0.1) is 23.8 Å². The van der Waals surface area contributed by atoms with Gasteiger partial charge in [-0.1, -0.05) is 31.9 Å². The summed E-state index contributed by atoms with van der Waals surface area (Å²) in [6.07, 6.45) is 9.03. The van der Waals surface area contributed by atoms with Crippen LogP contribution in [0.4, 0.5) is 0 Å². The first-order valence-corrected chi connectivity index (χ1v) is 7.00. The van der Waals surface area contributed by atoms with E-state index in [-0.39, 0.29) is 5.54 Å². The summed E-state index contributed by atoms with van der Waals surface area (Å²) in [5.41, 5.74) is 1.90. The summed E-state index contributed by atoms with van der Waals surface area (Å²) >= 11 is 0. The van der Waals surface area contributed by atoms with Crippen molar-refractivity contribution in [1.82, 2.24) is 0 Å². The molecule has 0 unspecified atom stereocenters. The third kappa shape index (κ3) is 2.15. The fourth-order valence-corrected chi connectivity index (χ4v) is 3.74. The van der Waals surface area contributed by atoms with Gasteiger partial charge in [0.05, 0.1) is 5.92 Å². The third-order valence-corrected chi connectivity index (χ3v) is 5.18. The Hall–Kier alpha value is -0.770. The van der Waals surface area contributed by atoms with Crippen molar-refractivity contribution in [1.29, 1.82) is 0 Å². The monoisotopic (exact) mass is 231 g/mol. The van der Waals surface area contributed by atoms with Gasteiger partial charge in [0.2, 0.25) is 5.54 Å². The van der Waals surface area contributed by atoms with Gasteiger partial charge >= 0.3 is 0 Å². The Morgan fingerprint density at radius 1 is 1.35 bits per heavy atom. The fraction of sp³-hybridized carbons (Fsp3) is 0.812. The molecule has 17 heavy (non-hydrogen) atoms. The van der Waals surface area contributed by atoms with E-state index in [9.17, 15) is 0 Å². The van der Waals surface area contributed by atoms with E-state index in [2.05, 4.69) is 38.6 Å². The van der Waals surface area contributed by atoms with Crippen LogP contribution in [0.3, 0.4) is 0 Å². The minimum absolute atomic E-state index is 0.217. The van der Waals surface area contributed by atoms with Crippen molar-refractivity contribution in [2.45, 2.75) is 65.3 Å². The van der Waals surface area contributed by atoms with E-state index in [1.165, 1.54) is 32.1 Å². The van der Waals surface area contributed by atoms with Crippen molar-refractivity contribution >= 4 is 0 Å². The van der Waals surface area contributed by atoms with Gasteiger partial charge < -0.3 is 4.85 Å². The molecule has 1 saturated carbocycles. The molecule has 0 aromatic carbocycles. The minimum Gasteiger partial charge on any atom is -0.310 e. The largest absolute Gasteiger partial charge is 0.310 e. The lowest BCUT2D eigenvalue weighted by Crippen LogP contribution is -2.37. The maximum Gasteiger partial charge on any atom is 0.233 e. The predicted octanol–water partition coefficient (Wildman–Crippen LogP) is 4.85. The van der Waals surface area contributed by atoms with Gasteiger partial charge in [-0.2, -0.15) is 0 Å². The summed E-state index contributed by atoms with van der Waals surface area (Å²) in [5.74, 6) is 1.20. The van der Waals surface area contributed by atoms with Crippen LogP contribution in [0.2, 0.25) is 0 Å². The summed E-state index contributed by atoms with van der Waals surface area (Å²) in [6, 6.07) is 0. The zero-order chi connectivity index (χ0) is 12.7. The van der Waals surface area contributed by atoms with Gasteiger partial charge in [0.15, 0.2) is 0 Å². The molecule has 0 amide bonds. The number of allylic oxidation sites excluding steroid dienone is 1. The van der Waals surface area contributed by atoms with Crippen LogP contribution in [0.25, 0.3) is 4.85 Å². The average Bonchev–Trinajstić information content (AvgIpc) is 2.28. The van der Waals surface area contributed by atoms with Gasteiger partial charge in [-0.15, -0.1) is 0 Å². The van der Waals surface area contributed by atoms with E-state index >= 15 is 0 Å². The molecular formula is C16H25N. The Labute approximate surface area is 106 Å². The second-order valence-corrected chi connectivity index (χ2v) is 6.89. The van der Waals surface area contributed by atoms with Gasteiger partial charge in [0, 0.05) is 13.8 Å². The third-order valence-electron chi connectivity index (χ3n) is 5.18. The molecular weight excluding hydrogens is 206 g/mol. The van der Waals surface area contributed by atoms with Gasteiger partial charge in [0.1, 0.15) is 0 Å². The lowest BCUT2D eigenvalue weighted by molar-refractivity contribution is 0.198. The van der Waals surface area contributed by atoms with Crippen molar-refractivity contribution in [3.63, 3.8) is 0 Å². The van der Waals surface area contributed by atoms with Crippen molar-refractivity contribution in [2.24, 2.45) is 17.3 Å². The highest BCUT2D eigenvalue weighted by Crippen LogP contribution is 2.52. The molecule has 1 heteroatoms. The second kappa shape index (κ2) is 4.16. The van der Waals surface area contributed by atoms with E-state index in [1.54, 1.807) is 5.57 Å². The van der Waals surface area contributed by atoms with Gasteiger partial charge in [0.25, 0.3) is 0 Å². The molecule has 0 spiro atoms. The number of rotatable bonds is 1. The maximum absolute atomic E-state index is 7.37. The van der Waals surface area contributed by atoms with E-state index in [1.807, 2.05) is 0 Å². The highest BCUT2D eigenvalue weighted by Gasteiger charge is 2.44. The molecule has 0 saturated heterocycles. The summed E-state index contributed by atoms with van der Waals surface area (Å²) in [4.78, 5) is 3.83. The summed E-state index contributed by atoms with van der Waals surface area (Å²) < 4.78 is 0. The van der Waals surface area contributed by atoms with Crippen molar-refractivity contribution in [3.05, 3.63) is 23.1 Å². The first kappa shape index (κ1) is 12.7.